The Balaban J connectivity index is 1.57. The van der Waals surface area contributed by atoms with Crippen LogP contribution in [0.1, 0.15) is 31.8 Å². The van der Waals surface area contributed by atoms with Gasteiger partial charge in [-0.3, -0.25) is 14.4 Å². The molecule has 0 saturated carbocycles. The van der Waals surface area contributed by atoms with E-state index < -0.39 is 23.8 Å². The fourth-order valence-electron chi connectivity index (χ4n) is 3.98. The summed E-state index contributed by atoms with van der Waals surface area (Å²) < 4.78 is 1.42. The van der Waals surface area contributed by atoms with Gasteiger partial charge in [-0.1, -0.05) is 23.7 Å². The maximum Gasteiger partial charge on any atom is 0.335 e. The van der Waals surface area contributed by atoms with Gasteiger partial charge in [-0.05, 0) is 76.7 Å². The molecule has 4 rings (SSSR count). The summed E-state index contributed by atoms with van der Waals surface area (Å²) in [4.78, 5) is 51.5. The molecule has 1 atom stereocenters. The number of amides is 3. The van der Waals surface area contributed by atoms with Gasteiger partial charge in [-0.2, -0.15) is 4.68 Å². The Kier molecular flexibility index (Phi) is 9.40. The van der Waals surface area contributed by atoms with Gasteiger partial charge in [-0.15, -0.1) is 5.10 Å². The van der Waals surface area contributed by atoms with E-state index in [-0.39, 0.29) is 17.9 Å². The third-order valence-corrected chi connectivity index (χ3v) is 6.29. The standard InChI is InChI=1S/C29H26ClN7O5/c1-36(2)28(40)21-5-3-4-18(14-21)15-24(27(39)32-23-10-6-19(7-11-23)29(41)42)33-26(38)13-8-20-16-22(30)9-12-25(20)37-17-31-34-35-37/h3-14,16-17,24H,15H2,1-2H3,(H,32,39)(H,33,38)(H,41,42)/t24-/m0/s1. The lowest BCUT2D eigenvalue weighted by molar-refractivity contribution is -0.123. The lowest BCUT2D eigenvalue weighted by Gasteiger charge is -2.19. The molecule has 13 heteroatoms. The Bertz CT molecular complexity index is 1640. The van der Waals surface area contributed by atoms with Gasteiger partial charge in [-0.25, -0.2) is 4.79 Å². The zero-order valence-corrected chi connectivity index (χ0v) is 23.3. The maximum atomic E-state index is 13.3. The highest BCUT2D eigenvalue weighted by Gasteiger charge is 2.22. The first kappa shape index (κ1) is 29.6. The predicted molar refractivity (Wildman–Crippen MR) is 155 cm³/mol. The van der Waals surface area contributed by atoms with E-state index in [1.807, 2.05) is 0 Å². The number of carboxylic acid groups (broad SMARTS) is 1. The van der Waals surface area contributed by atoms with E-state index in [4.69, 9.17) is 16.7 Å². The number of carbonyl (C=O) groups is 4. The van der Waals surface area contributed by atoms with Crippen LogP contribution in [0.5, 0.6) is 0 Å². The second-order valence-electron chi connectivity index (χ2n) is 9.33. The predicted octanol–water partition coefficient (Wildman–Crippen LogP) is 3.10. The van der Waals surface area contributed by atoms with E-state index in [1.165, 1.54) is 52.3 Å². The summed E-state index contributed by atoms with van der Waals surface area (Å²) in [6.45, 7) is 0. The monoisotopic (exact) mass is 587 g/mol. The van der Waals surface area contributed by atoms with Gasteiger partial charge < -0.3 is 20.6 Å². The second kappa shape index (κ2) is 13.3. The van der Waals surface area contributed by atoms with Crippen LogP contribution in [0, 0.1) is 0 Å². The molecule has 0 bridgehead atoms. The number of tetrazole rings is 1. The van der Waals surface area contributed by atoms with E-state index in [1.54, 1.807) is 56.6 Å². The quantitative estimate of drug-likeness (QED) is 0.239. The summed E-state index contributed by atoms with van der Waals surface area (Å²) in [5.74, 6) is -2.41. The van der Waals surface area contributed by atoms with Crippen molar-refractivity contribution in [2.45, 2.75) is 12.5 Å². The van der Waals surface area contributed by atoms with Crippen molar-refractivity contribution >= 4 is 47.1 Å². The fraction of sp³-hybridized carbons (Fsp3) is 0.138. The molecule has 0 radical (unpaired) electrons. The van der Waals surface area contributed by atoms with Crippen molar-refractivity contribution in [2.24, 2.45) is 0 Å². The number of carboxylic acids is 1. The van der Waals surface area contributed by atoms with Crippen LogP contribution in [0.25, 0.3) is 11.8 Å². The molecule has 3 amide bonds. The smallest absolute Gasteiger partial charge is 0.335 e. The van der Waals surface area contributed by atoms with Crippen LogP contribution in [0.4, 0.5) is 5.69 Å². The first-order chi connectivity index (χ1) is 20.1. The Morgan fingerprint density at radius 1 is 1.02 bits per heavy atom. The van der Waals surface area contributed by atoms with Crippen molar-refractivity contribution < 1.29 is 24.3 Å². The van der Waals surface area contributed by atoms with E-state index in [0.717, 1.165) is 0 Å². The second-order valence-corrected chi connectivity index (χ2v) is 9.76. The van der Waals surface area contributed by atoms with Crippen LogP contribution >= 0.6 is 11.6 Å². The van der Waals surface area contributed by atoms with Crippen molar-refractivity contribution in [1.82, 2.24) is 30.4 Å². The molecule has 3 aromatic carbocycles. The minimum absolute atomic E-state index is 0.0624. The minimum atomic E-state index is -1.10. The van der Waals surface area contributed by atoms with Crippen LogP contribution < -0.4 is 10.6 Å². The average Bonchev–Trinajstić information content (AvgIpc) is 3.50. The molecular formula is C29H26ClN7O5. The van der Waals surface area contributed by atoms with Crippen molar-refractivity contribution in [3.05, 3.63) is 106 Å². The molecule has 0 saturated heterocycles. The van der Waals surface area contributed by atoms with Crippen LogP contribution in [-0.2, 0) is 16.0 Å². The number of benzene rings is 3. The van der Waals surface area contributed by atoms with Crippen molar-refractivity contribution in [3.63, 3.8) is 0 Å². The highest BCUT2D eigenvalue weighted by molar-refractivity contribution is 6.30. The third kappa shape index (κ3) is 7.64. The van der Waals surface area contributed by atoms with Gasteiger partial charge in [0.2, 0.25) is 11.8 Å². The maximum absolute atomic E-state index is 13.3. The summed E-state index contributed by atoms with van der Waals surface area (Å²) in [7, 11) is 3.27. The highest BCUT2D eigenvalue weighted by Crippen LogP contribution is 2.20. The van der Waals surface area contributed by atoms with E-state index >= 15 is 0 Å². The lowest BCUT2D eigenvalue weighted by Crippen LogP contribution is -2.44. The van der Waals surface area contributed by atoms with Crippen LogP contribution in [0.3, 0.4) is 0 Å². The number of nitrogens with one attached hydrogen (secondary N) is 2. The number of halogens is 1. The molecule has 0 fully saturated rings. The Morgan fingerprint density at radius 2 is 1.79 bits per heavy atom. The van der Waals surface area contributed by atoms with Crippen LogP contribution in [-0.4, -0.2) is 74.0 Å². The summed E-state index contributed by atoms with van der Waals surface area (Å²) in [5, 5.41) is 26.1. The van der Waals surface area contributed by atoms with Crippen LogP contribution in [0.15, 0.2) is 79.1 Å². The topological polar surface area (TPSA) is 159 Å². The van der Waals surface area contributed by atoms with Gasteiger partial charge in [0, 0.05) is 48.4 Å². The number of aromatic nitrogens is 4. The largest absolute Gasteiger partial charge is 0.478 e. The minimum Gasteiger partial charge on any atom is -0.478 e. The molecule has 0 aliphatic carbocycles. The number of anilines is 1. The molecule has 12 nitrogen and oxygen atoms in total. The summed E-state index contributed by atoms with van der Waals surface area (Å²) in [5.41, 5.74) is 2.62. The molecule has 214 valence electrons. The summed E-state index contributed by atoms with van der Waals surface area (Å²) in [6.07, 6.45) is 4.25. The first-order valence-corrected chi connectivity index (χ1v) is 12.9. The Labute approximate surface area is 245 Å². The Hall–Kier alpha value is -5.36. The van der Waals surface area contributed by atoms with Crippen LogP contribution in [0.2, 0.25) is 5.02 Å². The number of aromatic carboxylic acids is 1. The number of hydrogen-bond donors (Lipinski definition) is 3. The normalized spacial score (nSPS) is 11.6. The molecule has 42 heavy (non-hydrogen) atoms. The van der Waals surface area contributed by atoms with Gasteiger partial charge in [0.15, 0.2) is 0 Å². The molecule has 0 spiro atoms. The number of hydrogen-bond acceptors (Lipinski definition) is 7. The van der Waals surface area contributed by atoms with E-state index in [2.05, 4.69) is 26.2 Å². The number of rotatable bonds is 10. The molecular weight excluding hydrogens is 562 g/mol. The van der Waals surface area contributed by atoms with Crippen molar-refractivity contribution in [1.29, 1.82) is 0 Å². The Morgan fingerprint density at radius 3 is 2.45 bits per heavy atom. The first-order valence-electron chi connectivity index (χ1n) is 12.6. The van der Waals surface area contributed by atoms with Gasteiger partial charge in [0.05, 0.1) is 11.3 Å². The van der Waals surface area contributed by atoms with E-state index in [0.29, 0.717) is 33.1 Å². The molecule has 1 aromatic heterocycles. The number of nitrogens with zero attached hydrogens (tertiary/aromatic N) is 5. The zero-order chi connectivity index (χ0) is 30.2. The average molecular weight is 588 g/mol. The SMILES string of the molecule is CN(C)C(=O)c1cccc(C[C@H](NC(=O)C=Cc2cc(Cl)ccc2-n2cnnn2)C(=O)Nc2ccc(C(=O)O)cc2)c1. The summed E-state index contributed by atoms with van der Waals surface area (Å²) in [6, 6.07) is 16.4. The number of carbonyl (C=O) groups excluding carboxylic acids is 3. The van der Waals surface area contributed by atoms with Crippen molar-refractivity contribution in [3.8, 4) is 5.69 Å². The lowest BCUT2D eigenvalue weighted by atomic mass is 10.0. The molecule has 0 unspecified atom stereocenters. The molecule has 4 aromatic rings. The van der Waals surface area contributed by atoms with Gasteiger partial charge in [0.25, 0.3) is 5.91 Å². The van der Waals surface area contributed by atoms with E-state index in [9.17, 15) is 19.2 Å². The highest BCUT2D eigenvalue weighted by atomic mass is 35.5. The van der Waals surface area contributed by atoms with Gasteiger partial charge in [0.1, 0.15) is 12.4 Å². The molecule has 1 heterocycles. The molecule has 3 N–H and O–H groups in total. The third-order valence-electron chi connectivity index (χ3n) is 6.05. The zero-order valence-electron chi connectivity index (χ0n) is 22.6. The summed E-state index contributed by atoms with van der Waals surface area (Å²) >= 11 is 6.16. The molecule has 0 aliphatic rings. The fourth-order valence-corrected chi connectivity index (χ4v) is 4.17. The van der Waals surface area contributed by atoms with Crippen molar-refractivity contribution in [2.75, 3.05) is 19.4 Å². The van der Waals surface area contributed by atoms with Gasteiger partial charge >= 0.3 is 5.97 Å². The molecule has 0 aliphatic heterocycles.